The smallest absolute Gasteiger partial charge is 0.255 e. The number of carbonyl (C=O) groups is 1. The Balaban J connectivity index is 1.83. The maximum atomic E-state index is 12.6. The van der Waals surface area contributed by atoms with Crippen LogP contribution in [0.25, 0.3) is 5.69 Å². The Morgan fingerprint density at radius 3 is 2.08 bits per heavy atom. The maximum absolute atomic E-state index is 12.6. The highest BCUT2D eigenvalue weighted by atomic mass is 16.1. The molecule has 0 radical (unpaired) electrons. The summed E-state index contributed by atoms with van der Waals surface area (Å²) in [6.07, 6.45) is 3.31. The molecule has 0 bridgehead atoms. The summed E-state index contributed by atoms with van der Waals surface area (Å²) in [6.45, 7) is 8.24. The van der Waals surface area contributed by atoms with E-state index in [0.29, 0.717) is 11.5 Å². The predicted molar refractivity (Wildman–Crippen MR) is 99.3 cm³/mol. The normalized spacial score (nSPS) is 10.9. The maximum Gasteiger partial charge on any atom is 0.255 e. The van der Waals surface area contributed by atoms with E-state index >= 15 is 0 Å². The van der Waals surface area contributed by atoms with Crippen molar-refractivity contribution in [3.63, 3.8) is 0 Å². The second-order valence-corrected chi connectivity index (χ2v) is 6.55. The lowest BCUT2D eigenvalue weighted by Crippen LogP contribution is -2.14. The van der Waals surface area contributed by atoms with E-state index < -0.39 is 0 Å². The molecule has 2 aromatic carbocycles. The SMILES string of the molecule is Cc1cc(-n2cnnc2)cc(C)c1NC(=O)c1ccc(C(C)C)cc1. The van der Waals surface area contributed by atoms with E-state index in [0.717, 1.165) is 22.5 Å². The largest absolute Gasteiger partial charge is 0.322 e. The van der Waals surface area contributed by atoms with E-state index in [4.69, 9.17) is 0 Å². The molecule has 0 spiro atoms. The highest BCUT2D eigenvalue weighted by molar-refractivity contribution is 6.05. The first-order chi connectivity index (χ1) is 12.0. The monoisotopic (exact) mass is 334 g/mol. The molecule has 128 valence electrons. The average Bonchev–Trinajstić information content (AvgIpc) is 3.12. The van der Waals surface area contributed by atoms with Crippen molar-refractivity contribution in [2.75, 3.05) is 5.32 Å². The number of hydrogen-bond donors (Lipinski definition) is 1. The Bertz CT molecular complexity index is 858. The van der Waals surface area contributed by atoms with Crippen LogP contribution in [-0.2, 0) is 0 Å². The first kappa shape index (κ1) is 16.9. The molecule has 1 aromatic heterocycles. The lowest BCUT2D eigenvalue weighted by molar-refractivity contribution is 0.102. The highest BCUT2D eigenvalue weighted by Crippen LogP contribution is 2.25. The van der Waals surface area contributed by atoms with E-state index in [2.05, 4.69) is 29.4 Å². The minimum Gasteiger partial charge on any atom is -0.322 e. The number of carbonyl (C=O) groups excluding carboxylic acids is 1. The van der Waals surface area contributed by atoms with Crippen molar-refractivity contribution in [3.05, 3.63) is 71.3 Å². The molecule has 0 saturated carbocycles. The van der Waals surface area contributed by atoms with Crippen LogP contribution >= 0.6 is 0 Å². The number of amides is 1. The Labute approximate surface area is 147 Å². The molecule has 0 aliphatic heterocycles. The molecule has 0 aliphatic carbocycles. The number of nitrogens with one attached hydrogen (secondary N) is 1. The molecule has 1 heterocycles. The van der Waals surface area contributed by atoms with Gasteiger partial charge in [0.05, 0.1) is 0 Å². The Morgan fingerprint density at radius 1 is 1.00 bits per heavy atom. The van der Waals surface area contributed by atoms with Gasteiger partial charge in [-0.3, -0.25) is 9.36 Å². The zero-order chi connectivity index (χ0) is 18.0. The van der Waals surface area contributed by atoms with Crippen LogP contribution in [0.15, 0.2) is 49.1 Å². The quantitative estimate of drug-likeness (QED) is 0.775. The van der Waals surface area contributed by atoms with Gasteiger partial charge >= 0.3 is 0 Å². The number of aromatic nitrogens is 3. The van der Waals surface area contributed by atoms with Gasteiger partial charge < -0.3 is 5.32 Å². The number of aryl methyl sites for hydroxylation is 2. The van der Waals surface area contributed by atoms with Gasteiger partial charge in [-0.05, 0) is 60.7 Å². The molecule has 5 nitrogen and oxygen atoms in total. The standard InChI is InChI=1S/C20H22N4O/c1-13(2)16-5-7-17(8-6-16)20(25)23-19-14(3)9-18(10-15(19)4)24-11-21-22-12-24/h5-13H,1-4H3,(H,23,25). The summed E-state index contributed by atoms with van der Waals surface area (Å²) in [4.78, 5) is 12.6. The van der Waals surface area contributed by atoms with Crippen LogP contribution in [0.3, 0.4) is 0 Å². The average molecular weight is 334 g/mol. The fourth-order valence-corrected chi connectivity index (χ4v) is 2.83. The van der Waals surface area contributed by atoms with Crippen molar-refractivity contribution in [2.45, 2.75) is 33.6 Å². The molecular weight excluding hydrogens is 312 g/mol. The minimum absolute atomic E-state index is 0.0986. The number of benzene rings is 2. The molecule has 1 amide bonds. The summed E-state index contributed by atoms with van der Waals surface area (Å²) in [5.41, 5.74) is 5.69. The number of anilines is 1. The third kappa shape index (κ3) is 3.60. The Morgan fingerprint density at radius 2 is 1.56 bits per heavy atom. The van der Waals surface area contributed by atoms with E-state index in [1.165, 1.54) is 5.56 Å². The number of hydrogen-bond acceptors (Lipinski definition) is 3. The van der Waals surface area contributed by atoms with E-state index in [1.807, 2.05) is 54.8 Å². The summed E-state index contributed by atoms with van der Waals surface area (Å²) in [7, 11) is 0. The van der Waals surface area contributed by atoms with Crippen molar-refractivity contribution in [2.24, 2.45) is 0 Å². The van der Waals surface area contributed by atoms with Crippen molar-refractivity contribution >= 4 is 11.6 Å². The van der Waals surface area contributed by atoms with Crippen LogP contribution in [0.4, 0.5) is 5.69 Å². The zero-order valence-corrected chi connectivity index (χ0v) is 14.9. The van der Waals surface area contributed by atoms with Gasteiger partial charge in [0.2, 0.25) is 0 Å². The number of nitrogens with zero attached hydrogens (tertiary/aromatic N) is 3. The second kappa shape index (κ2) is 6.89. The Kier molecular flexibility index (Phi) is 4.65. The summed E-state index contributed by atoms with van der Waals surface area (Å²) in [5.74, 6) is 0.352. The van der Waals surface area contributed by atoms with Gasteiger partial charge in [-0.15, -0.1) is 10.2 Å². The molecule has 0 atom stereocenters. The van der Waals surface area contributed by atoms with Gasteiger partial charge in [-0.25, -0.2) is 0 Å². The van der Waals surface area contributed by atoms with Crippen LogP contribution in [0.5, 0.6) is 0 Å². The first-order valence-electron chi connectivity index (χ1n) is 8.33. The van der Waals surface area contributed by atoms with Gasteiger partial charge in [0.1, 0.15) is 12.7 Å². The molecule has 3 rings (SSSR count). The zero-order valence-electron chi connectivity index (χ0n) is 14.9. The lowest BCUT2D eigenvalue weighted by Gasteiger charge is -2.14. The molecule has 0 unspecified atom stereocenters. The summed E-state index contributed by atoms with van der Waals surface area (Å²) < 4.78 is 1.84. The molecule has 0 fully saturated rings. The van der Waals surface area contributed by atoms with Crippen LogP contribution in [0.1, 0.15) is 46.8 Å². The minimum atomic E-state index is -0.0986. The molecule has 5 heteroatoms. The predicted octanol–water partition coefficient (Wildman–Crippen LogP) is 4.26. The third-order valence-corrected chi connectivity index (χ3v) is 4.31. The third-order valence-electron chi connectivity index (χ3n) is 4.31. The summed E-state index contributed by atoms with van der Waals surface area (Å²) in [6, 6.07) is 11.8. The van der Waals surface area contributed by atoms with Gasteiger partial charge in [-0.1, -0.05) is 26.0 Å². The molecule has 1 N–H and O–H groups in total. The summed E-state index contributed by atoms with van der Waals surface area (Å²) >= 11 is 0. The van der Waals surface area contributed by atoms with Crippen molar-refractivity contribution in [1.29, 1.82) is 0 Å². The fraction of sp³-hybridized carbons (Fsp3) is 0.250. The van der Waals surface area contributed by atoms with Crippen LogP contribution in [0.2, 0.25) is 0 Å². The van der Waals surface area contributed by atoms with Gasteiger partial charge in [0.15, 0.2) is 0 Å². The van der Waals surface area contributed by atoms with Crippen LogP contribution < -0.4 is 5.32 Å². The van der Waals surface area contributed by atoms with Crippen molar-refractivity contribution in [1.82, 2.24) is 14.8 Å². The van der Waals surface area contributed by atoms with Crippen molar-refractivity contribution < 1.29 is 4.79 Å². The topological polar surface area (TPSA) is 59.8 Å². The lowest BCUT2D eigenvalue weighted by atomic mass is 10.0. The molecular formula is C20H22N4O. The van der Waals surface area contributed by atoms with E-state index in [1.54, 1.807) is 12.7 Å². The van der Waals surface area contributed by atoms with Crippen LogP contribution in [-0.4, -0.2) is 20.7 Å². The molecule has 25 heavy (non-hydrogen) atoms. The summed E-state index contributed by atoms with van der Waals surface area (Å²) in [5, 5.41) is 10.7. The first-order valence-corrected chi connectivity index (χ1v) is 8.33. The van der Waals surface area contributed by atoms with Crippen LogP contribution in [0, 0.1) is 13.8 Å². The van der Waals surface area contributed by atoms with Gasteiger partial charge in [-0.2, -0.15) is 0 Å². The van der Waals surface area contributed by atoms with Gasteiger partial charge in [0, 0.05) is 16.9 Å². The molecule has 0 saturated heterocycles. The van der Waals surface area contributed by atoms with E-state index in [9.17, 15) is 4.79 Å². The van der Waals surface area contributed by atoms with E-state index in [-0.39, 0.29) is 5.91 Å². The highest BCUT2D eigenvalue weighted by Gasteiger charge is 2.12. The molecule has 3 aromatic rings. The Hall–Kier alpha value is -2.95. The van der Waals surface area contributed by atoms with Gasteiger partial charge in [0.25, 0.3) is 5.91 Å². The second-order valence-electron chi connectivity index (χ2n) is 6.55. The molecule has 0 aliphatic rings. The number of rotatable bonds is 4. The van der Waals surface area contributed by atoms with Crippen molar-refractivity contribution in [3.8, 4) is 5.69 Å². The fourth-order valence-electron chi connectivity index (χ4n) is 2.83.